The molecule has 2 heterocycles. The van der Waals surface area contributed by atoms with Crippen molar-refractivity contribution in [2.24, 2.45) is 13.0 Å². The largest absolute Gasteiger partial charge is 0.337 e. The van der Waals surface area contributed by atoms with Crippen molar-refractivity contribution < 1.29 is 4.79 Å². The van der Waals surface area contributed by atoms with Gasteiger partial charge in [-0.05, 0) is 18.8 Å². The van der Waals surface area contributed by atoms with E-state index < -0.39 is 0 Å². The molecular weight excluding hydrogens is 270 g/mol. The van der Waals surface area contributed by atoms with Gasteiger partial charge >= 0.3 is 0 Å². The number of aryl methyl sites for hydroxylation is 1. The van der Waals surface area contributed by atoms with Gasteiger partial charge in [0.05, 0.1) is 12.5 Å². The quantitative estimate of drug-likeness (QED) is 0.776. The summed E-state index contributed by atoms with van der Waals surface area (Å²) in [7, 11) is 1.85. The van der Waals surface area contributed by atoms with Crippen LogP contribution in [-0.2, 0) is 7.05 Å². The number of carbonyl (C=O) groups is 1. The molecule has 1 aliphatic rings. The molecule has 0 spiro atoms. The van der Waals surface area contributed by atoms with Crippen molar-refractivity contribution in [1.29, 1.82) is 0 Å². The molecule has 1 aromatic heterocycles. The van der Waals surface area contributed by atoms with E-state index >= 15 is 0 Å². The highest BCUT2D eigenvalue weighted by molar-refractivity contribution is 9.09. The normalized spacial score (nSPS) is 21.1. The van der Waals surface area contributed by atoms with Crippen LogP contribution in [-0.4, -0.2) is 38.8 Å². The summed E-state index contributed by atoms with van der Waals surface area (Å²) in [6.45, 7) is 1.72. The number of carbonyl (C=O) groups excluding carboxylic acids is 1. The lowest BCUT2D eigenvalue weighted by molar-refractivity contribution is 0.0676. The Kier molecular flexibility index (Phi) is 3.63. The van der Waals surface area contributed by atoms with Crippen molar-refractivity contribution in [1.82, 2.24) is 14.5 Å². The maximum atomic E-state index is 12.2. The first kappa shape index (κ1) is 11.6. The van der Waals surface area contributed by atoms with Crippen LogP contribution < -0.4 is 0 Å². The van der Waals surface area contributed by atoms with Crippen molar-refractivity contribution in [2.45, 2.75) is 12.8 Å². The molecule has 1 amide bonds. The topological polar surface area (TPSA) is 38.1 Å². The number of amides is 1. The third-order valence-corrected chi connectivity index (χ3v) is 3.98. The first-order chi connectivity index (χ1) is 7.72. The van der Waals surface area contributed by atoms with Crippen molar-refractivity contribution in [3.05, 3.63) is 18.2 Å². The van der Waals surface area contributed by atoms with Crippen molar-refractivity contribution >= 4 is 21.8 Å². The number of likely N-dealkylation sites (tertiary alicyclic amines) is 1. The highest BCUT2D eigenvalue weighted by atomic mass is 79.9. The number of nitrogens with zero attached hydrogens (tertiary/aromatic N) is 3. The predicted molar refractivity (Wildman–Crippen MR) is 65.6 cm³/mol. The molecule has 1 aliphatic heterocycles. The first-order valence-corrected chi connectivity index (χ1v) is 6.66. The summed E-state index contributed by atoms with van der Waals surface area (Å²) in [4.78, 5) is 18.1. The number of hydrogen-bond donors (Lipinski definition) is 0. The second-order valence-electron chi connectivity index (χ2n) is 4.30. The Hall–Kier alpha value is -0.840. The molecule has 16 heavy (non-hydrogen) atoms. The molecule has 0 aromatic carbocycles. The summed E-state index contributed by atoms with van der Waals surface area (Å²) < 4.78 is 1.78. The molecule has 1 saturated heterocycles. The summed E-state index contributed by atoms with van der Waals surface area (Å²) >= 11 is 3.50. The fourth-order valence-corrected chi connectivity index (χ4v) is 2.63. The van der Waals surface area contributed by atoms with Crippen LogP contribution in [0.3, 0.4) is 0 Å². The van der Waals surface area contributed by atoms with Gasteiger partial charge < -0.3 is 9.47 Å². The summed E-state index contributed by atoms with van der Waals surface area (Å²) in [6.07, 6.45) is 5.61. The number of hydrogen-bond acceptors (Lipinski definition) is 2. The standard InChI is InChI=1S/C11H16BrN3O/c1-14-8-13-6-10(14)11(16)15-4-2-3-9(5-12)7-15/h6,8-9H,2-5,7H2,1H3. The number of rotatable bonds is 2. The molecule has 1 atom stereocenters. The van der Waals surface area contributed by atoms with Gasteiger partial charge in [0.25, 0.3) is 5.91 Å². The molecule has 0 aliphatic carbocycles. The zero-order chi connectivity index (χ0) is 11.5. The van der Waals surface area contributed by atoms with E-state index in [0.717, 1.165) is 24.8 Å². The van der Waals surface area contributed by atoms with Crippen LogP contribution in [0.5, 0.6) is 0 Å². The number of aromatic nitrogens is 2. The zero-order valence-electron chi connectivity index (χ0n) is 9.40. The van der Waals surface area contributed by atoms with Gasteiger partial charge in [-0.25, -0.2) is 4.98 Å². The van der Waals surface area contributed by atoms with Crippen LogP contribution in [0.25, 0.3) is 0 Å². The van der Waals surface area contributed by atoms with E-state index in [0.29, 0.717) is 11.6 Å². The molecule has 0 bridgehead atoms. The Labute approximate surface area is 104 Å². The maximum absolute atomic E-state index is 12.2. The van der Waals surface area contributed by atoms with Crippen molar-refractivity contribution in [3.63, 3.8) is 0 Å². The molecule has 5 heteroatoms. The van der Waals surface area contributed by atoms with Gasteiger partial charge in [-0.1, -0.05) is 15.9 Å². The first-order valence-electron chi connectivity index (χ1n) is 5.54. The van der Waals surface area contributed by atoms with Gasteiger partial charge in [0.1, 0.15) is 5.69 Å². The number of halogens is 1. The van der Waals surface area contributed by atoms with Crippen LogP contribution in [0.15, 0.2) is 12.5 Å². The average Bonchev–Trinajstić information content (AvgIpc) is 2.74. The lowest BCUT2D eigenvalue weighted by Crippen LogP contribution is -2.41. The average molecular weight is 286 g/mol. The second-order valence-corrected chi connectivity index (χ2v) is 4.95. The molecule has 0 N–H and O–H groups in total. The van der Waals surface area contributed by atoms with Gasteiger partial charge in [-0.3, -0.25) is 4.79 Å². The van der Waals surface area contributed by atoms with E-state index in [2.05, 4.69) is 20.9 Å². The predicted octanol–water partition coefficient (Wildman–Crippen LogP) is 1.67. The number of imidazole rings is 1. The fourth-order valence-electron chi connectivity index (χ4n) is 2.10. The van der Waals surface area contributed by atoms with Gasteiger partial charge in [0.15, 0.2) is 0 Å². The SMILES string of the molecule is Cn1cncc1C(=O)N1CCCC(CBr)C1. The summed E-state index contributed by atoms with van der Waals surface area (Å²) in [5, 5.41) is 0.974. The Morgan fingerprint density at radius 3 is 3.12 bits per heavy atom. The van der Waals surface area contributed by atoms with Crippen molar-refractivity contribution in [2.75, 3.05) is 18.4 Å². The highest BCUT2D eigenvalue weighted by Crippen LogP contribution is 2.19. The number of alkyl halides is 1. The van der Waals surface area contributed by atoms with Crippen LogP contribution in [0.4, 0.5) is 0 Å². The highest BCUT2D eigenvalue weighted by Gasteiger charge is 2.25. The smallest absolute Gasteiger partial charge is 0.272 e. The van der Waals surface area contributed by atoms with Crippen molar-refractivity contribution in [3.8, 4) is 0 Å². The molecule has 1 unspecified atom stereocenters. The van der Waals surface area contributed by atoms with Crippen LogP contribution >= 0.6 is 15.9 Å². The molecular formula is C11H16BrN3O. The third kappa shape index (κ3) is 2.29. The molecule has 88 valence electrons. The summed E-state index contributed by atoms with van der Waals surface area (Å²) in [5.74, 6) is 0.691. The maximum Gasteiger partial charge on any atom is 0.272 e. The van der Waals surface area contributed by atoms with Crippen LogP contribution in [0.1, 0.15) is 23.3 Å². The Balaban J connectivity index is 2.07. The van der Waals surface area contributed by atoms with E-state index in [1.54, 1.807) is 17.1 Å². The summed E-state index contributed by atoms with van der Waals surface area (Å²) in [5.41, 5.74) is 0.676. The molecule has 0 saturated carbocycles. The molecule has 4 nitrogen and oxygen atoms in total. The van der Waals surface area contributed by atoms with E-state index in [1.165, 1.54) is 6.42 Å². The van der Waals surface area contributed by atoms with Crippen LogP contribution in [0, 0.1) is 5.92 Å². The zero-order valence-corrected chi connectivity index (χ0v) is 11.0. The van der Waals surface area contributed by atoms with Crippen LogP contribution in [0.2, 0.25) is 0 Å². The van der Waals surface area contributed by atoms with Gasteiger partial charge in [-0.15, -0.1) is 0 Å². The minimum absolute atomic E-state index is 0.102. The molecule has 1 aromatic rings. The Bertz CT molecular complexity index is 377. The van der Waals surface area contributed by atoms with E-state index in [4.69, 9.17) is 0 Å². The van der Waals surface area contributed by atoms with E-state index in [1.807, 2.05) is 11.9 Å². The fraction of sp³-hybridized carbons (Fsp3) is 0.636. The monoisotopic (exact) mass is 285 g/mol. The van der Waals surface area contributed by atoms with Gasteiger partial charge in [-0.2, -0.15) is 0 Å². The molecule has 2 rings (SSSR count). The lowest BCUT2D eigenvalue weighted by atomic mass is 10.00. The Morgan fingerprint density at radius 2 is 2.50 bits per heavy atom. The van der Waals surface area contributed by atoms with E-state index in [-0.39, 0.29) is 5.91 Å². The Morgan fingerprint density at radius 1 is 1.69 bits per heavy atom. The minimum atomic E-state index is 0.102. The summed E-state index contributed by atoms with van der Waals surface area (Å²) in [6, 6.07) is 0. The van der Waals surface area contributed by atoms with Gasteiger partial charge in [0, 0.05) is 25.5 Å². The second kappa shape index (κ2) is 4.99. The van der Waals surface area contributed by atoms with Gasteiger partial charge in [0.2, 0.25) is 0 Å². The lowest BCUT2D eigenvalue weighted by Gasteiger charge is -2.31. The molecule has 0 radical (unpaired) electrons. The molecule has 1 fully saturated rings. The number of piperidine rings is 1. The minimum Gasteiger partial charge on any atom is -0.337 e. The third-order valence-electron chi connectivity index (χ3n) is 3.06. The van der Waals surface area contributed by atoms with E-state index in [9.17, 15) is 4.79 Å².